The third-order valence-corrected chi connectivity index (χ3v) is 3.81. The molecule has 1 aliphatic heterocycles. The summed E-state index contributed by atoms with van der Waals surface area (Å²) in [7, 11) is 1.65. The Morgan fingerprint density at radius 2 is 2.32 bits per heavy atom. The number of amides is 1. The molecule has 2 unspecified atom stereocenters. The minimum atomic E-state index is -0.00426. The van der Waals surface area contributed by atoms with Crippen LogP contribution in [0.15, 0.2) is 24.3 Å². The van der Waals surface area contributed by atoms with Gasteiger partial charge in [0.15, 0.2) is 0 Å². The van der Waals surface area contributed by atoms with Crippen LogP contribution in [-0.4, -0.2) is 25.6 Å². The van der Waals surface area contributed by atoms with Gasteiger partial charge in [-0.05, 0) is 44.5 Å². The molecule has 1 fully saturated rings. The summed E-state index contributed by atoms with van der Waals surface area (Å²) in [6, 6.07) is 8.07. The molecular weight excluding hydrogens is 240 g/mol. The fraction of sp³-hybridized carbons (Fsp3) is 0.533. The first-order chi connectivity index (χ1) is 9.11. The number of hydrogen-bond acceptors (Lipinski definition) is 3. The van der Waals surface area contributed by atoms with Crippen LogP contribution in [0.1, 0.15) is 31.9 Å². The summed E-state index contributed by atoms with van der Waals surface area (Å²) in [6.45, 7) is 4.99. The fourth-order valence-corrected chi connectivity index (χ4v) is 2.53. The molecule has 0 aromatic heterocycles. The molecule has 1 aliphatic rings. The normalized spacial score (nSPS) is 23.9. The highest BCUT2D eigenvalue weighted by molar-refractivity contribution is 5.80. The average Bonchev–Trinajstić information content (AvgIpc) is 2.85. The molecule has 19 heavy (non-hydrogen) atoms. The third kappa shape index (κ3) is 3.26. The summed E-state index contributed by atoms with van der Waals surface area (Å²) in [4.78, 5) is 12.2. The van der Waals surface area contributed by atoms with Gasteiger partial charge >= 0.3 is 0 Å². The Morgan fingerprint density at radius 1 is 1.53 bits per heavy atom. The topological polar surface area (TPSA) is 50.4 Å². The van der Waals surface area contributed by atoms with Gasteiger partial charge in [-0.3, -0.25) is 4.79 Å². The predicted octanol–water partition coefficient (Wildman–Crippen LogP) is 1.87. The van der Waals surface area contributed by atoms with Crippen LogP contribution in [-0.2, 0) is 4.79 Å². The van der Waals surface area contributed by atoms with Crippen molar-refractivity contribution >= 4 is 5.91 Å². The van der Waals surface area contributed by atoms with Crippen molar-refractivity contribution in [3.05, 3.63) is 29.8 Å². The summed E-state index contributed by atoms with van der Waals surface area (Å²) in [5, 5.41) is 6.39. The fourth-order valence-electron chi connectivity index (χ4n) is 2.53. The lowest BCUT2D eigenvalue weighted by Crippen LogP contribution is -2.37. The molecule has 0 radical (unpaired) electrons. The van der Waals surface area contributed by atoms with E-state index >= 15 is 0 Å². The molecule has 4 nitrogen and oxygen atoms in total. The number of methoxy groups -OCH3 is 1. The van der Waals surface area contributed by atoms with E-state index < -0.39 is 0 Å². The van der Waals surface area contributed by atoms with Gasteiger partial charge in [0.05, 0.1) is 19.1 Å². The van der Waals surface area contributed by atoms with Gasteiger partial charge in [-0.2, -0.15) is 0 Å². The first-order valence-corrected chi connectivity index (χ1v) is 6.79. The minimum Gasteiger partial charge on any atom is -0.497 e. The van der Waals surface area contributed by atoms with Crippen molar-refractivity contribution in [2.45, 2.75) is 32.4 Å². The van der Waals surface area contributed by atoms with E-state index in [2.05, 4.69) is 17.6 Å². The van der Waals surface area contributed by atoms with Gasteiger partial charge in [0.2, 0.25) is 5.91 Å². The summed E-state index contributed by atoms with van der Waals surface area (Å²) < 4.78 is 5.20. The zero-order valence-corrected chi connectivity index (χ0v) is 11.8. The lowest BCUT2D eigenvalue weighted by Gasteiger charge is -2.20. The number of carbonyl (C=O) groups is 1. The zero-order chi connectivity index (χ0) is 13.8. The molecule has 0 spiro atoms. The van der Waals surface area contributed by atoms with Crippen LogP contribution in [0, 0.1) is 5.92 Å². The van der Waals surface area contributed by atoms with Crippen molar-refractivity contribution in [3.8, 4) is 5.75 Å². The van der Waals surface area contributed by atoms with Crippen LogP contribution in [0.3, 0.4) is 0 Å². The van der Waals surface area contributed by atoms with Crippen molar-refractivity contribution < 1.29 is 9.53 Å². The van der Waals surface area contributed by atoms with Crippen LogP contribution in [0.4, 0.5) is 0 Å². The SMILES string of the molecule is COc1cccc([C@@H](C)NC(=O)C2CCNC2C)c1. The summed E-state index contributed by atoms with van der Waals surface area (Å²) in [5.74, 6) is 1.02. The highest BCUT2D eigenvalue weighted by atomic mass is 16.5. The average molecular weight is 262 g/mol. The number of rotatable bonds is 4. The Hall–Kier alpha value is -1.55. The van der Waals surface area contributed by atoms with Crippen LogP contribution < -0.4 is 15.4 Å². The molecule has 3 atom stereocenters. The summed E-state index contributed by atoms with van der Waals surface area (Å²) >= 11 is 0. The first kappa shape index (κ1) is 13.9. The first-order valence-electron chi connectivity index (χ1n) is 6.79. The van der Waals surface area contributed by atoms with Gasteiger partial charge < -0.3 is 15.4 Å². The second kappa shape index (κ2) is 6.06. The van der Waals surface area contributed by atoms with E-state index in [9.17, 15) is 4.79 Å². The highest BCUT2D eigenvalue weighted by Gasteiger charge is 2.30. The van der Waals surface area contributed by atoms with Crippen LogP contribution in [0.25, 0.3) is 0 Å². The van der Waals surface area contributed by atoms with Gasteiger partial charge in [-0.1, -0.05) is 12.1 Å². The standard InChI is InChI=1S/C15H22N2O2/c1-10(12-5-4-6-13(9-12)19-3)17-15(18)14-7-8-16-11(14)2/h4-6,9-11,14,16H,7-8H2,1-3H3,(H,17,18)/t10-,11?,14?/m1/s1. The van der Waals surface area contributed by atoms with E-state index in [4.69, 9.17) is 4.74 Å². The zero-order valence-electron chi connectivity index (χ0n) is 11.8. The monoisotopic (exact) mass is 262 g/mol. The predicted molar refractivity (Wildman–Crippen MR) is 75.1 cm³/mol. The van der Waals surface area contributed by atoms with Crippen molar-refractivity contribution in [1.29, 1.82) is 0 Å². The number of hydrogen-bond donors (Lipinski definition) is 2. The molecule has 2 rings (SSSR count). The smallest absolute Gasteiger partial charge is 0.225 e. The maximum atomic E-state index is 12.2. The van der Waals surface area contributed by atoms with E-state index in [1.807, 2.05) is 31.2 Å². The molecule has 0 bridgehead atoms. The largest absolute Gasteiger partial charge is 0.497 e. The molecule has 0 aliphatic carbocycles. The number of ether oxygens (including phenoxy) is 1. The quantitative estimate of drug-likeness (QED) is 0.871. The Bertz CT molecular complexity index is 448. The molecule has 1 heterocycles. The highest BCUT2D eigenvalue weighted by Crippen LogP contribution is 2.21. The van der Waals surface area contributed by atoms with Crippen LogP contribution in [0.5, 0.6) is 5.75 Å². The molecule has 1 saturated heterocycles. The van der Waals surface area contributed by atoms with Gasteiger partial charge in [0, 0.05) is 6.04 Å². The summed E-state index contributed by atoms with van der Waals surface area (Å²) in [5.41, 5.74) is 1.06. The number of nitrogens with one attached hydrogen (secondary N) is 2. The molecule has 2 N–H and O–H groups in total. The van der Waals surface area contributed by atoms with Crippen molar-refractivity contribution in [1.82, 2.24) is 10.6 Å². The second-order valence-corrected chi connectivity index (χ2v) is 5.14. The van der Waals surface area contributed by atoms with Crippen molar-refractivity contribution in [3.63, 3.8) is 0 Å². The van der Waals surface area contributed by atoms with E-state index in [1.54, 1.807) is 7.11 Å². The van der Waals surface area contributed by atoms with E-state index in [0.717, 1.165) is 24.3 Å². The number of benzene rings is 1. The Balaban J connectivity index is 1.99. The van der Waals surface area contributed by atoms with Crippen molar-refractivity contribution in [2.24, 2.45) is 5.92 Å². The maximum Gasteiger partial charge on any atom is 0.225 e. The van der Waals surface area contributed by atoms with Crippen molar-refractivity contribution in [2.75, 3.05) is 13.7 Å². The lowest BCUT2D eigenvalue weighted by atomic mass is 10.00. The minimum absolute atomic E-state index is 0.00426. The molecule has 1 amide bonds. The molecule has 0 saturated carbocycles. The third-order valence-electron chi connectivity index (χ3n) is 3.81. The van der Waals surface area contributed by atoms with Gasteiger partial charge in [-0.25, -0.2) is 0 Å². The van der Waals surface area contributed by atoms with E-state index in [-0.39, 0.29) is 23.9 Å². The molecule has 104 valence electrons. The van der Waals surface area contributed by atoms with Gasteiger partial charge in [0.1, 0.15) is 5.75 Å². The van der Waals surface area contributed by atoms with Crippen LogP contribution in [0.2, 0.25) is 0 Å². The van der Waals surface area contributed by atoms with Gasteiger partial charge in [-0.15, -0.1) is 0 Å². The van der Waals surface area contributed by atoms with Gasteiger partial charge in [0.25, 0.3) is 0 Å². The second-order valence-electron chi connectivity index (χ2n) is 5.14. The van der Waals surface area contributed by atoms with E-state index in [1.165, 1.54) is 0 Å². The maximum absolute atomic E-state index is 12.2. The summed E-state index contributed by atoms with van der Waals surface area (Å²) in [6.07, 6.45) is 0.915. The molecule has 1 aromatic carbocycles. The Labute approximate surface area is 114 Å². The van der Waals surface area contributed by atoms with E-state index in [0.29, 0.717) is 0 Å². The molecular formula is C15H22N2O2. The lowest BCUT2D eigenvalue weighted by molar-refractivity contribution is -0.125. The van der Waals surface area contributed by atoms with Crippen LogP contribution >= 0.6 is 0 Å². The Morgan fingerprint density at radius 3 is 2.95 bits per heavy atom. The number of carbonyl (C=O) groups excluding carboxylic acids is 1. The molecule has 1 aromatic rings. The molecule has 4 heteroatoms. The Kier molecular flexibility index (Phi) is 4.43.